The second kappa shape index (κ2) is 6.12. The lowest BCUT2D eigenvalue weighted by atomic mass is 10.2. The average molecular weight is 280 g/mol. The van der Waals surface area contributed by atoms with Gasteiger partial charge in [-0.25, -0.2) is 4.99 Å². The SMILES string of the molecule is Cc1cc(N=C(N)CC(=N)N2CCN(C)CC2)sn1. The van der Waals surface area contributed by atoms with E-state index in [0.717, 1.165) is 36.9 Å². The lowest BCUT2D eigenvalue weighted by molar-refractivity contribution is 0.213. The van der Waals surface area contributed by atoms with Crippen LogP contribution in [0.1, 0.15) is 12.1 Å². The Hall–Kier alpha value is -1.47. The predicted octanol–water partition coefficient (Wildman–Crippen LogP) is 1.05. The molecule has 2 heterocycles. The Kier molecular flexibility index (Phi) is 4.49. The van der Waals surface area contributed by atoms with Crippen molar-refractivity contribution < 1.29 is 0 Å². The van der Waals surface area contributed by atoms with Gasteiger partial charge >= 0.3 is 0 Å². The second-order valence-electron chi connectivity index (χ2n) is 4.82. The fourth-order valence-corrected chi connectivity index (χ4v) is 2.62. The minimum Gasteiger partial charge on any atom is -0.387 e. The summed E-state index contributed by atoms with van der Waals surface area (Å²) in [4.78, 5) is 8.64. The van der Waals surface area contributed by atoms with Gasteiger partial charge in [0, 0.05) is 26.2 Å². The number of aliphatic imine (C=N–C) groups is 1. The van der Waals surface area contributed by atoms with Gasteiger partial charge in [0.25, 0.3) is 0 Å². The molecule has 1 fully saturated rings. The first-order chi connectivity index (χ1) is 9.04. The quantitative estimate of drug-likeness (QED) is 0.640. The summed E-state index contributed by atoms with van der Waals surface area (Å²) in [5, 5.41) is 8.89. The number of aryl methyl sites for hydroxylation is 1. The molecule has 104 valence electrons. The first kappa shape index (κ1) is 14.0. The lowest BCUT2D eigenvalue weighted by Crippen LogP contribution is -2.47. The molecule has 0 bridgehead atoms. The van der Waals surface area contributed by atoms with E-state index in [-0.39, 0.29) is 0 Å². The molecule has 19 heavy (non-hydrogen) atoms. The van der Waals surface area contributed by atoms with E-state index in [0.29, 0.717) is 18.1 Å². The van der Waals surface area contributed by atoms with Gasteiger partial charge in [0.2, 0.25) is 0 Å². The van der Waals surface area contributed by atoms with Crippen LogP contribution in [-0.2, 0) is 0 Å². The Labute approximate surface area is 117 Å². The molecule has 0 aliphatic carbocycles. The second-order valence-corrected chi connectivity index (χ2v) is 5.61. The number of piperazine rings is 1. The van der Waals surface area contributed by atoms with Crippen LogP contribution in [0.2, 0.25) is 0 Å². The van der Waals surface area contributed by atoms with Gasteiger partial charge in [-0.15, -0.1) is 0 Å². The van der Waals surface area contributed by atoms with Crippen molar-refractivity contribution in [2.45, 2.75) is 13.3 Å². The van der Waals surface area contributed by atoms with Crippen molar-refractivity contribution >= 4 is 28.2 Å². The zero-order valence-electron chi connectivity index (χ0n) is 11.4. The Bertz CT molecular complexity index is 472. The summed E-state index contributed by atoms with van der Waals surface area (Å²) in [5.41, 5.74) is 6.85. The van der Waals surface area contributed by atoms with Crippen LogP contribution in [0.25, 0.3) is 0 Å². The Morgan fingerprint density at radius 2 is 2.16 bits per heavy atom. The molecule has 1 saturated heterocycles. The molecule has 1 aliphatic rings. The Morgan fingerprint density at radius 1 is 1.47 bits per heavy atom. The van der Waals surface area contributed by atoms with Crippen LogP contribution in [-0.4, -0.2) is 59.1 Å². The van der Waals surface area contributed by atoms with Crippen LogP contribution in [0.3, 0.4) is 0 Å². The van der Waals surface area contributed by atoms with Gasteiger partial charge in [-0.3, -0.25) is 5.41 Å². The number of amidine groups is 2. The number of rotatable bonds is 3. The smallest absolute Gasteiger partial charge is 0.138 e. The maximum atomic E-state index is 8.08. The van der Waals surface area contributed by atoms with Crippen LogP contribution < -0.4 is 5.73 Å². The standard InChI is InChI=1S/C12H20N6S/c1-9-7-12(19-16-9)15-10(13)8-11(14)18-5-3-17(2)4-6-18/h7,14H,3-6,8H2,1-2H3,(H2,13,15). The summed E-state index contributed by atoms with van der Waals surface area (Å²) in [5.74, 6) is 1.03. The molecule has 2 rings (SSSR count). The Morgan fingerprint density at radius 3 is 2.74 bits per heavy atom. The van der Waals surface area contributed by atoms with Crippen LogP contribution in [0.4, 0.5) is 5.00 Å². The lowest BCUT2D eigenvalue weighted by Gasteiger charge is -2.34. The number of hydrogen-bond donors (Lipinski definition) is 2. The molecular weight excluding hydrogens is 260 g/mol. The van der Waals surface area contributed by atoms with Gasteiger partial charge in [0.1, 0.15) is 16.7 Å². The van der Waals surface area contributed by atoms with Gasteiger partial charge in [-0.1, -0.05) is 0 Å². The number of hydrogen-bond acceptors (Lipinski definition) is 5. The largest absolute Gasteiger partial charge is 0.387 e. The summed E-state index contributed by atoms with van der Waals surface area (Å²) in [7, 11) is 2.10. The molecule has 0 amide bonds. The van der Waals surface area contributed by atoms with Gasteiger partial charge < -0.3 is 15.5 Å². The van der Waals surface area contributed by atoms with E-state index in [1.807, 2.05) is 13.0 Å². The normalized spacial score (nSPS) is 17.8. The summed E-state index contributed by atoms with van der Waals surface area (Å²) in [6, 6.07) is 1.90. The number of aromatic nitrogens is 1. The van der Waals surface area contributed by atoms with Gasteiger partial charge in [0.05, 0.1) is 12.1 Å². The van der Waals surface area contributed by atoms with E-state index in [9.17, 15) is 0 Å². The third-order valence-electron chi connectivity index (χ3n) is 3.10. The molecule has 0 aromatic carbocycles. The van der Waals surface area contributed by atoms with Crippen LogP contribution in [0, 0.1) is 12.3 Å². The van der Waals surface area contributed by atoms with E-state index in [1.54, 1.807) is 0 Å². The van der Waals surface area contributed by atoms with Gasteiger partial charge in [0.15, 0.2) is 0 Å². The predicted molar refractivity (Wildman–Crippen MR) is 79.5 cm³/mol. The number of nitrogens with zero attached hydrogens (tertiary/aromatic N) is 4. The van der Waals surface area contributed by atoms with Gasteiger partial charge in [-0.2, -0.15) is 4.37 Å². The molecular formula is C12H20N6S. The highest BCUT2D eigenvalue weighted by Gasteiger charge is 2.17. The number of nitrogens with two attached hydrogens (primary N) is 1. The molecule has 7 heteroatoms. The maximum absolute atomic E-state index is 8.08. The molecule has 0 unspecified atom stereocenters. The monoisotopic (exact) mass is 280 g/mol. The zero-order valence-corrected chi connectivity index (χ0v) is 12.2. The molecule has 6 nitrogen and oxygen atoms in total. The minimum absolute atomic E-state index is 0.403. The third kappa shape index (κ3) is 4.00. The van der Waals surface area contributed by atoms with E-state index < -0.39 is 0 Å². The number of nitrogens with one attached hydrogen (secondary N) is 1. The topological polar surface area (TPSA) is 81.6 Å². The highest BCUT2D eigenvalue weighted by atomic mass is 32.1. The van der Waals surface area contributed by atoms with E-state index in [1.165, 1.54) is 11.5 Å². The first-order valence-corrected chi connectivity index (χ1v) is 7.09. The molecule has 1 aromatic rings. The highest BCUT2D eigenvalue weighted by Crippen LogP contribution is 2.19. The van der Waals surface area contributed by atoms with Crippen molar-refractivity contribution in [3.8, 4) is 0 Å². The summed E-state index contributed by atoms with van der Waals surface area (Å²) in [6.45, 7) is 5.70. The summed E-state index contributed by atoms with van der Waals surface area (Å²) in [6.07, 6.45) is 0.403. The van der Waals surface area contributed by atoms with Crippen LogP contribution >= 0.6 is 11.5 Å². The maximum Gasteiger partial charge on any atom is 0.138 e. The molecule has 3 N–H and O–H groups in total. The molecule has 0 atom stereocenters. The van der Waals surface area contributed by atoms with Crippen molar-refractivity contribution in [1.29, 1.82) is 5.41 Å². The zero-order chi connectivity index (χ0) is 13.8. The molecule has 0 radical (unpaired) electrons. The van der Waals surface area contributed by atoms with Crippen molar-refractivity contribution in [2.75, 3.05) is 33.2 Å². The fourth-order valence-electron chi connectivity index (χ4n) is 1.94. The first-order valence-electron chi connectivity index (χ1n) is 6.32. The summed E-state index contributed by atoms with van der Waals surface area (Å²) < 4.78 is 4.16. The molecule has 0 spiro atoms. The third-order valence-corrected chi connectivity index (χ3v) is 3.88. The van der Waals surface area contributed by atoms with E-state index >= 15 is 0 Å². The van der Waals surface area contributed by atoms with Crippen molar-refractivity contribution in [3.63, 3.8) is 0 Å². The van der Waals surface area contributed by atoms with Crippen LogP contribution in [0.15, 0.2) is 11.1 Å². The van der Waals surface area contributed by atoms with Crippen molar-refractivity contribution in [3.05, 3.63) is 11.8 Å². The van der Waals surface area contributed by atoms with Crippen LogP contribution in [0.5, 0.6) is 0 Å². The molecule has 0 saturated carbocycles. The summed E-state index contributed by atoms with van der Waals surface area (Å²) >= 11 is 1.33. The van der Waals surface area contributed by atoms with E-state index in [4.69, 9.17) is 11.1 Å². The van der Waals surface area contributed by atoms with E-state index in [2.05, 4.69) is 26.2 Å². The Balaban J connectivity index is 1.89. The van der Waals surface area contributed by atoms with Gasteiger partial charge in [-0.05, 0) is 31.6 Å². The highest BCUT2D eigenvalue weighted by molar-refractivity contribution is 7.09. The van der Waals surface area contributed by atoms with Crippen molar-refractivity contribution in [2.24, 2.45) is 10.7 Å². The number of likely N-dealkylation sites (N-methyl/N-ethyl adjacent to an activating group) is 1. The fraction of sp³-hybridized carbons (Fsp3) is 0.583. The average Bonchev–Trinajstić information content (AvgIpc) is 2.75. The molecule has 1 aromatic heterocycles. The minimum atomic E-state index is 0.403. The molecule has 1 aliphatic heterocycles. The van der Waals surface area contributed by atoms with Crippen molar-refractivity contribution in [1.82, 2.24) is 14.2 Å².